The Hall–Kier alpha value is -1.63. The molecule has 2 rings (SSSR count). The first-order valence-electron chi connectivity index (χ1n) is 6.88. The van der Waals surface area contributed by atoms with Gasteiger partial charge in [0.1, 0.15) is 5.82 Å². The molecule has 0 bridgehead atoms. The lowest BCUT2D eigenvalue weighted by atomic mass is 10.2. The molecule has 0 radical (unpaired) electrons. The number of benzene rings is 1. The van der Waals surface area contributed by atoms with Crippen molar-refractivity contribution in [1.29, 1.82) is 0 Å². The number of carbonyl (C=O) groups is 1. The molecule has 2 aromatic rings. The standard InChI is InChI=1S/C16H18IN3O/c1-3-8-18-15-10-12(9-11(2)19-15)16(21)20-14-7-5-4-6-13(14)17/h4-7,9-10H,3,8H2,1-2H3,(H,18,19)(H,20,21). The van der Waals surface area contributed by atoms with Crippen LogP contribution in [0.4, 0.5) is 11.5 Å². The molecule has 1 amide bonds. The lowest BCUT2D eigenvalue weighted by Crippen LogP contribution is -2.14. The molecule has 0 saturated carbocycles. The van der Waals surface area contributed by atoms with Crippen LogP contribution in [0.5, 0.6) is 0 Å². The molecule has 0 saturated heterocycles. The highest BCUT2D eigenvalue weighted by Gasteiger charge is 2.10. The van der Waals surface area contributed by atoms with Crippen molar-refractivity contribution in [2.45, 2.75) is 20.3 Å². The zero-order chi connectivity index (χ0) is 15.2. The molecule has 2 N–H and O–H groups in total. The van der Waals surface area contributed by atoms with E-state index in [0.29, 0.717) is 5.56 Å². The first kappa shape index (κ1) is 15.8. The Morgan fingerprint density at radius 2 is 2.05 bits per heavy atom. The van der Waals surface area contributed by atoms with Crippen LogP contribution in [-0.4, -0.2) is 17.4 Å². The smallest absolute Gasteiger partial charge is 0.255 e. The molecule has 0 atom stereocenters. The fourth-order valence-corrected chi connectivity index (χ4v) is 2.42. The number of para-hydroxylation sites is 1. The highest BCUT2D eigenvalue weighted by molar-refractivity contribution is 14.1. The maximum atomic E-state index is 12.4. The number of carbonyl (C=O) groups excluding carboxylic acids is 1. The molecule has 1 aromatic heterocycles. The van der Waals surface area contributed by atoms with E-state index in [9.17, 15) is 4.79 Å². The van der Waals surface area contributed by atoms with Crippen molar-refractivity contribution >= 4 is 40.0 Å². The first-order valence-corrected chi connectivity index (χ1v) is 7.96. The fourth-order valence-electron chi connectivity index (χ4n) is 1.90. The van der Waals surface area contributed by atoms with E-state index in [1.807, 2.05) is 31.2 Å². The van der Waals surface area contributed by atoms with Gasteiger partial charge in [0.25, 0.3) is 5.91 Å². The van der Waals surface area contributed by atoms with Gasteiger partial charge in [-0.3, -0.25) is 4.79 Å². The number of anilines is 2. The Bertz CT molecular complexity index is 643. The van der Waals surface area contributed by atoms with Gasteiger partial charge in [-0.05, 0) is 60.2 Å². The van der Waals surface area contributed by atoms with Gasteiger partial charge in [0.15, 0.2) is 0 Å². The number of amides is 1. The Morgan fingerprint density at radius 1 is 1.29 bits per heavy atom. The van der Waals surface area contributed by atoms with E-state index in [4.69, 9.17) is 0 Å². The van der Waals surface area contributed by atoms with Gasteiger partial charge in [-0.25, -0.2) is 4.98 Å². The first-order chi connectivity index (χ1) is 10.1. The Labute approximate surface area is 138 Å². The number of pyridine rings is 1. The summed E-state index contributed by atoms with van der Waals surface area (Å²) >= 11 is 2.21. The summed E-state index contributed by atoms with van der Waals surface area (Å²) in [7, 11) is 0. The third-order valence-electron chi connectivity index (χ3n) is 2.89. The van der Waals surface area contributed by atoms with Gasteiger partial charge in [-0.1, -0.05) is 19.1 Å². The minimum absolute atomic E-state index is 0.121. The summed E-state index contributed by atoms with van der Waals surface area (Å²) in [6.45, 7) is 4.82. The second-order valence-corrected chi connectivity index (χ2v) is 5.91. The average molecular weight is 395 g/mol. The second kappa shape index (κ2) is 7.40. The molecule has 4 nitrogen and oxygen atoms in total. The minimum Gasteiger partial charge on any atom is -0.370 e. The molecule has 0 aliphatic carbocycles. The van der Waals surface area contributed by atoms with Crippen LogP contribution in [0.3, 0.4) is 0 Å². The van der Waals surface area contributed by atoms with Crippen LogP contribution >= 0.6 is 22.6 Å². The number of aryl methyl sites for hydroxylation is 1. The van der Waals surface area contributed by atoms with Gasteiger partial charge in [0, 0.05) is 21.4 Å². The summed E-state index contributed by atoms with van der Waals surface area (Å²) in [4.78, 5) is 16.8. The number of aromatic nitrogens is 1. The molecule has 0 spiro atoms. The van der Waals surface area contributed by atoms with E-state index in [-0.39, 0.29) is 5.91 Å². The Kier molecular flexibility index (Phi) is 5.55. The summed E-state index contributed by atoms with van der Waals surface area (Å²) in [6, 6.07) is 11.3. The third-order valence-corrected chi connectivity index (χ3v) is 3.83. The molecule has 0 unspecified atom stereocenters. The number of nitrogens with one attached hydrogen (secondary N) is 2. The van der Waals surface area contributed by atoms with E-state index in [2.05, 4.69) is 45.1 Å². The second-order valence-electron chi connectivity index (χ2n) is 4.74. The molecule has 1 aromatic carbocycles. The summed E-state index contributed by atoms with van der Waals surface area (Å²) in [5.74, 6) is 0.619. The molecular formula is C16H18IN3O. The van der Waals surface area contributed by atoms with Crippen LogP contribution in [0.2, 0.25) is 0 Å². The van der Waals surface area contributed by atoms with Crippen molar-refractivity contribution in [2.24, 2.45) is 0 Å². The van der Waals surface area contributed by atoms with E-state index in [1.54, 1.807) is 12.1 Å². The fraction of sp³-hybridized carbons (Fsp3) is 0.250. The molecule has 5 heteroatoms. The monoisotopic (exact) mass is 395 g/mol. The highest BCUT2D eigenvalue weighted by atomic mass is 127. The van der Waals surface area contributed by atoms with E-state index < -0.39 is 0 Å². The topological polar surface area (TPSA) is 54.0 Å². The van der Waals surface area contributed by atoms with Crippen LogP contribution in [0.15, 0.2) is 36.4 Å². The highest BCUT2D eigenvalue weighted by Crippen LogP contribution is 2.19. The van der Waals surface area contributed by atoms with Gasteiger partial charge >= 0.3 is 0 Å². The predicted molar refractivity (Wildman–Crippen MR) is 94.9 cm³/mol. The molecule has 0 aliphatic heterocycles. The van der Waals surface area contributed by atoms with Crippen molar-refractivity contribution in [3.05, 3.63) is 51.2 Å². The van der Waals surface area contributed by atoms with Crippen molar-refractivity contribution in [3.8, 4) is 0 Å². The number of nitrogens with zero attached hydrogens (tertiary/aromatic N) is 1. The average Bonchev–Trinajstić information content (AvgIpc) is 2.47. The van der Waals surface area contributed by atoms with Crippen LogP contribution < -0.4 is 10.6 Å². The Morgan fingerprint density at radius 3 is 2.76 bits per heavy atom. The lowest BCUT2D eigenvalue weighted by molar-refractivity contribution is 0.102. The minimum atomic E-state index is -0.121. The van der Waals surface area contributed by atoms with Crippen LogP contribution in [-0.2, 0) is 0 Å². The maximum absolute atomic E-state index is 12.4. The van der Waals surface area contributed by atoms with Gasteiger partial charge in [0.2, 0.25) is 0 Å². The number of rotatable bonds is 5. The molecule has 21 heavy (non-hydrogen) atoms. The van der Waals surface area contributed by atoms with Gasteiger partial charge in [0.05, 0.1) is 5.69 Å². The number of hydrogen-bond donors (Lipinski definition) is 2. The molecule has 0 aliphatic rings. The summed E-state index contributed by atoms with van der Waals surface area (Å²) in [5, 5.41) is 6.15. The molecule has 0 fully saturated rings. The quantitative estimate of drug-likeness (QED) is 0.751. The van der Waals surface area contributed by atoms with Crippen LogP contribution in [0.25, 0.3) is 0 Å². The van der Waals surface area contributed by atoms with Crippen molar-refractivity contribution < 1.29 is 4.79 Å². The zero-order valence-corrected chi connectivity index (χ0v) is 14.3. The zero-order valence-electron chi connectivity index (χ0n) is 12.1. The van der Waals surface area contributed by atoms with E-state index in [1.165, 1.54) is 0 Å². The van der Waals surface area contributed by atoms with Crippen molar-refractivity contribution in [3.63, 3.8) is 0 Å². The van der Waals surface area contributed by atoms with E-state index >= 15 is 0 Å². The molecule has 110 valence electrons. The molecule has 1 heterocycles. The van der Waals surface area contributed by atoms with Crippen molar-refractivity contribution in [2.75, 3.05) is 17.2 Å². The number of halogens is 1. The van der Waals surface area contributed by atoms with Crippen LogP contribution in [0.1, 0.15) is 29.4 Å². The molecular weight excluding hydrogens is 377 g/mol. The van der Waals surface area contributed by atoms with Crippen LogP contribution in [0, 0.1) is 10.5 Å². The lowest BCUT2D eigenvalue weighted by Gasteiger charge is -2.10. The van der Waals surface area contributed by atoms with Crippen molar-refractivity contribution in [1.82, 2.24) is 4.98 Å². The van der Waals surface area contributed by atoms with Gasteiger partial charge in [-0.15, -0.1) is 0 Å². The normalized spacial score (nSPS) is 10.2. The predicted octanol–water partition coefficient (Wildman–Crippen LogP) is 4.07. The summed E-state index contributed by atoms with van der Waals surface area (Å²) < 4.78 is 1.01. The third kappa shape index (κ3) is 4.42. The van der Waals surface area contributed by atoms with Gasteiger partial charge < -0.3 is 10.6 Å². The van der Waals surface area contributed by atoms with Gasteiger partial charge in [-0.2, -0.15) is 0 Å². The largest absolute Gasteiger partial charge is 0.370 e. The van der Waals surface area contributed by atoms with E-state index in [0.717, 1.165) is 33.7 Å². The summed E-state index contributed by atoms with van der Waals surface area (Å²) in [5.41, 5.74) is 2.26. The number of hydrogen-bond acceptors (Lipinski definition) is 3. The maximum Gasteiger partial charge on any atom is 0.255 e. The summed E-state index contributed by atoms with van der Waals surface area (Å²) in [6.07, 6.45) is 1.01. The Balaban J connectivity index is 2.19. The SMILES string of the molecule is CCCNc1cc(C(=O)Nc2ccccc2I)cc(C)n1.